The molecule has 0 aromatic heterocycles. The zero-order valence-electron chi connectivity index (χ0n) is 11.2. The molecule has 2 heteroatoms. The van der Waals surface area contributed by atoms with Crippen molar-refractivity contribution in [2.45, 2.75) is 52.6 Å². The molecule has 0 spiro atoms. The minimum atomic E-state index is 0.187. The Labute approximate surface area is 105 Å². The predicted molar refractivity (Wildman–Crippen MR) is 67.7 cm³/mol. The van der Waals surface area contributed by atoms with Gasteiger partial charge in [0.05, 0.1) is 0 Å². The highest BCUT2D eigenvalue weighted by atomic mass is 17.2. The fourth-order valence-electron chi connectivity index (χ4n) is 4.19. The molecule has 2 saturated carbocycles. The van der Waals surface area contributed by atoms with E-state index in [2.05, 4.69) is 26.9 Å². The number of hydrogen-bond donors (Lipinski definition) is 0. The van der Waals surface area contributed by atoms with Gasteiger partial charge in [0.25, 0.3) is 0 Å². The maximum Gasteiger partial charge on any atom is 0.153 e. The van der Waals surface area contributed by atoms with Gasteiger partial charge in [0.2, 0.25) is 0 Å². The molecule has 2 nitrogen and oxygen atoms in total. The van der Waals surface area contributed by atoms with Gasteiger partial charge >= 0.3 is 0 Å². The highest BCUT2D eigenvalue weighted by Gasteiger charge is 2.45. The molecular weight excluding hydrogens is 212 g/mol. The first-order valence-electron chi connectivity index (χ1n) is 6.91. The van der Waals surface area contributed by atoms with Crippen LogP contribution in [0.4, 0.5) is 0 Å². The summed E-state index contributed by atoms with van der Waals surface area (Å²) >= 11 is 0. The van der Waals surface area contributed by atoms with Gasteiger partial charge in [-0.3, -0.25) is 4.89 Å². The largest absolute Gasteiger partial charge is 0.282 e. The second kappa shape index (κ2) is 5.31. The van der Waals surface area contributed by atoms with Crippen molar-refractivity contribution in [3.63, 3.8) is 0 Å². The average molecular weight is 236 g/mol. The van der Waals surface area contributed by atoms with Crippen LogP contribution in [0.5, 0.6) is 0 Å². The van der Waals surface area contributed by atoms with Gasteiger partial charge in [-0.2, -0.15) is 4.89 Å². The first-order valence-corrected chi connectivity index (χ1v) is 6.91. The third-order valence-corrected chi connectivity index (χ3v) is 4.82. The van der Waals surface area contributed by atoms with E-state index in [1.165, 1.54) is 25.7 Å². The molecule has 0 radical (unpaired) electrons. The Morgan fingerprint density at radius 3 is 2.53 bits per heavy atom. The first-order chi connectivity index (χ1) is 8.13. The molecule has 6 atom stereocenters. The summed E-state index contributed by atoms with van der Waals surface area (Å²) in [5.74, 6) is 3.56. The van der Waals surface area contributed by atoms with E-state index in [0.29, 0.717) is 11.8 Å². The van der Waals surface area contributed by atoms with Crippen molar-refractivity contribution in [1.82, 2.24) is 0 Å². The molecule has 0 bridgehead atoms. The van der Waals surface area contributed by atoms with Crippen molar-refractivity contribution in [3.8, 4) is 12.5 Å². The number of fused-ring (bicyclic) bond motifs is 1. The van der Waals surface area contributed by atoms with Crippen LogP contribution in [0.15, 0.2) is 0 Å². The molecule has 6 unspecified atom stereocenters. The summed E-state index contributed by atoms with van der Waals surface area (Å²) in [6.45, 7) is 6.99. The molecule has 0 saturated heterocycles. The molecule has 2 aliphatic carbocycles. The minimum absolute atomic E-state index is 0.187. The van der Waals surface area contributed by atoms with Crippen LogP contribution < -0.4 is 0 Å². The van der Waals surface area contributed by atoms with Gasteiger partial charge in [0.15, 0.2) is 6.11 Å². The second-order valence-electron chi connectivity index (χ2n) is 6.21. The van der Waals surface area contributed by atoms with Crippen LogP contribution in [-0.4, -0.2) is 6.10 Å². The zero-order valence-corrected chi connectivity index (χ0v) is 11.2. The van der Waals surface area contributed by atoms with Gasteiger partial charge in [0.1, 0.15) is 6.10 Å². The minimum Gasteiger partial charge on any atom is -0.282 e. The van der Waals surface area contributed by atoms with Crippen molar-refractivity contribution in [1.29, 1.82) is 0 Å². The smallest absolute Gasteiger partial charge is 0.153 e. The van der Waals surface area contributed by atoms with Crippen molar-refractivity contribution < 1.29 is 9.78 Å². The summed E-state index contributed by atoms with van der Waals surface area (Å²) < 4.78 is 0. The Bertz CT molecular complexity index is 294. The summed E-state index contributed by atoms with van der Waals surface area (Å²) in [5.41, 5.74) is 0. The van der Waals surface area contributed by atoms with Crippen LogP contribution in [0, 0.1) is 42.1 Å². The van der Waals surface area contributed by atoms with Crippen molar-refractivity contribution in [2.24, 2.45) is 29.6 Å². The van der Waals surface area contributed by atoms with E-state index >= 15 is 0 Å². The summed E-state index contributed by atoms with van der Waals surface area (Å²) in [7, 11) is 0. The molecule has 17 heavy (non-hydrogen) atoms. The number of hydrogen-bond acceptors (Lipinski definition) is 2. The maximum atomic E-state index is 5.48. The van der Waals surface area contributed by atoms with Gasteiger partial charge in [0, 0.05) is 0 Å². The third-order valence-electron chi connectivity index (χ3n) is 4.82. The zero-order chi connectivity index (χ0) is 12.4. The van der Waals surface area contributed by atoms with Gasteiger partial charge in [-0.25, -0.2) is 0 Å². The van der Waals surface area contributed by atoms with E-state index in [1.54, 1.807) is 0 Å². The Kier molecular flexibility index (Phi) is 3.99. The van der Waals surface area contributed by atoms with E-state index in [-0.39, 0.29) is 6.10 Å². The summed E-state index contributed by atoms with van der Waals surface area (Å²) in [4.78, 5) is 10.3. The van der Waals surface area contributed by atoms with Gasteiger partial charge < -0.3 is 0 Å². The van der Waals surface area contributed by atoms with Crippen LogP contribution in [0.1, 0.15) is 46.5 Å². The SMILES string of the molecule is C#COOC1C(C)CCC2CC(C)CC(C)C21. The Hall–Kier alpha value is -0.680. The molecule has 0 aromatic rings. The van der Waals surface area contributed by atoms with E-state index in [1.807, 2.05) is 0 Å². The van der Waals surface area contributed by atoms with Crippen LogP contribution in [-0.2, 0) is 9.78 Å². The summed E-state index contributed by atoms with van der Waals surface area (Å²) in [6, 6.07) is 0. The highest BCUT2D eigenvalue weighted by molar-refractivity contribution is 4.93. The second-order valence-corrected chi connectivity index (χ2v) is 6.21. The number of rotatable bonds is 2. The van der Waals surface area contributed by atoms with Crippen molar-refractivity contribution >= 4 is 0 Å². The van der Waals surface area contributed by atoms with E-state index in [0.717, 1.165) is 17.8 Å². The highest BCUT2D eigenvalue weighted by Crippen LogP contribution is 2.48. The lowest BCUT2D eigenvalue weighted by Gasteiger charge is -2.48. The average Bonchev–Trinajstić information content (AvgIpc) is 2.28. The van der Waals surface area contributed by atoms with Crippen molar-refractivity contribution in [3.05, 3.63) is 0 Å². The first kappa shape index (κ1) is 12.8. The fourth-order valence-corrected chi connectivity index (χ4v) is 4.19. The van der Waals surface area contributed by atoms with Crippen LogP contribution in [0.3, 0.4) is 0 Å². The molecule has 0 heterocycles. The molecule has 0 amide bonds. The molecule has 2 aliphatic rings. The standard InChI is InChI=1S/C15H24O2/c1-5-16-17-15-11(3)6-7-13-9-10(2)8-12(4)14(13)15/h1,10-15H,6-9H2,2-4H3. The Morgan fingerprint density at radius 1 is 1.06 bits per heavy atom. The topological polar surface area (TPSA) is 18.5 Å². The van der Waals surface area contributed by atoms with Gasteiger partial charge in [-0.15, -0.1) is 0 Å². The molecule has 0 aliphatic heterocycles. The molecule has 2 rings (SSSR count). The molecule has 2 fully saturated rings. The Morgan fingerprint density at radius 2 is 1.82 bits per heavy atom. The Balaban J connectivity index is 2.09. The molecule has 0 N–H and O–H groups in total. The monoisotopic (exact) mass is 236 g/mol. The van der Waals surface area contributed by atoms with E-state index in [9.17, 15) is 0 Å². The lowest BCUT2D eigenvalue weighted by atomic mass is 9.60. The number of terminal acetylenes is 1. The van der Waals surface area contributed by atoms with Crippen LogP contribution in [0.2, 0.25) is 0 Å². The van der Waals surface area contributed by atoms with Crippen LogP contribution >= 0.6 is 0 Å². The molecule has 96 valence electrons. The molecule has 0 aromatic carbocycles. The lowest BCUT2D eigenvalue weighted by molar-refractivity contribution is -0.311. The summed E-state index contributed by atoms with van der Waals surface area (Å²) in [5, 5.41) is 0. The maximum absolute atomic E-state index is 5.48. The van der Waals surface area contributed by atoms with Gasteiger partial charge in [-0.1, -0.05) is 27.2 Å². The summed E-state index contributed by atoms with van der Waals surface area (Å²) in [6.07, 6.45) is 12.7. The van der Waals surface area contributed by atoms with E-state index in [4.69, 9.17) is 16.2 Å². The normalized spacial score (nSPS) is 45.8. The lowest BCUT2D eigenvalue weighted by Crippen LogP contribution is -2.46. The third kappa shape index (κ3) is 2.60. The quantitative estimate of drug-likeness (QED) is 0.414. The van der Waals surface area contributed by atoms with Crippen molar-refractivity contribution in [2.75, 3.05) is 0 Å². The van der Waals surface area contributed by atoms with E-state index < -0.39 is 0 Å². The molecular formula is C15H24O2. The van der Waals surface area contributed by atoms with Gasteiger partial charge in [-0.05, 0) is 55.3 Å². The van der Waals surface area contributed by atoms with Crippen LogP contribution in [0.25, 0.3) is 0 Å². The predicted octanol–water partition coefficient (Wildman–Crippen LogP) is 3.62. The fraction of sp³-hybridized carbons (Fsp3) is 0.867.